The minimum atomic E-state index is -2.31. The summed E-state index contributed by atoms with van der Waals surface area (Å²) >= 11 is 0. The first kappa shape index (κ1) is 63.5. The highest BCUT2D eigenvalue weighted by Crippen LogP contribution is 2.44. The van der Waals surface area contributed by atoms with Crippen molar-refractivity contribution in [3.05, 3.63) is 108 Å². The molecule has 2 fully saturated rings. The molecule has 2 saturated heterocycles. The van der Waals surface area contributed by atoms with Gasteiger partial charge in [0.1, 0.15) is 27.7 Å². The number of anilines is 2. The van der Waals surface area contributed by atoms with Crippen molar-refractivity contribution < 1.29 is 30.7 Å². The van der Waals surface area contributed by atoms with Gasteiger partial charge in [-0.05, 0) is 66.1 Å². The second kappa shape index (κ2) is 28.5. The van der Waals surface area contributed by atoms with Crippen molar-refractivity contribution in [2.75, 3.05) is 23.7 Å². The van der Waals surface area contributed by atoms with E-state index in [-0.39, 0.29) is 63.1 Å². The number of amides is 2. The van der Waals surface area contributed by atoms with Crippen LogP contribution in [-0.2, 0) is 18.3 Å². The molecule has 8 rings (SSSR count). The molecule has 77 heavy (non-hydrogen) atoms. The van der Waals surface area contributed by atoms with Crippen LogP contribution >= 0.6 is 0 Å². The number of ether oxygens (including phenoxy) is 2. The topological polar surface area (TPSA) is 309 Å². The van der Waals surface area contributed by atoms with Crippen LogP contribution in [0.5, 0.6) is 0 Å². The number of imidazole rings is 2. The molecule has 0 saturated carbocycles. The van der Waals surface area contributed by atoms with Crippen molar-refractivity contribution in [1.82, 2.24) is 39.0 Å². The maximum absolute atomic E-state index is 12.7. The molecule has 0 aliphatic carbocycles. The molecule has 8 atom stereocenters. The van der Waals surface area contributed by atoms with Gasteiger partial charge in [0, 0.05) is 22.6 Å². The molecule has 0 radical (unpaired) electrons. The van der Waals surface area contributed by atoms with Gasteiger partial charge < -0.3 is 46.1 Å². The number of hydrogen-bond acceptors (Lipinski definition) is 16. The first-order chi connectivity index (χ1) is 36.1. The van der Waals surface area contributed by atoms with Crippen LogP contribution in [0.4, 0.5) is 11.6 Å². The summed E-state index contributed by atoms with van der Waals surface area (Å²) in [6, 6.07) is 16.7. The van der Waals surface area contributed by atoms with Crippen molar-refractivity contribution in [2.24, 2.45) is 22.3 Å². The molecule has 22 nitrogen and oxygen atoms in total. The number of azide groups is 1. The van der Waals surface area contributed by atoms with Gasteiger partial charge in [-0.15, -0.1) is 0 Å². The van der Waals surface area contributed by atoms with Crippen LogP contribution in [0.15, 0.2) is 91.1 Å². The highest BCUT2D eigenvalue weighted by atomic mass is 28.4. The Hall–Kier alpha value is -6.06. The van der Waals surface area contributed by atoms with Crippen LogP contribution in [0.25, 0.3) is 32.8 Å². The van der Waals surface area contributed by atoms with E-state index < -0.39 is 65.6 Å². The smallest absolute Gasteiger partial charge is 0.256 e. The van der Waals surface area contributed by atoms with Gasteiger partial charge in [0.2, 0.25) is 0 Å². The van der Waals surface area contributed by atoms with E-state index in [9.17, 15) is 9.59 Å². The monoisotopic (exact) mass is 1100 g/mol. The third-order valence-corrected chi connectivity index (χ3v) is 22.5. The molecule has 0 bridgehead atoms. The molecule has 6 aromatic rings. The van der Waals surface area contributed by atoms with E-state index in [2.05, 4.69) is 130 Å². The second-order valence-electron chi connectivity index (χ2n) is 20.2. The predicted molar refractivity (Wildman–Crippen MR) is 313 cm³/mol. The largest absolute Gasteiger partial charge is 0.408 e. The normalized spacial score (nSPS) is 21.3. The molecule has 2 aromatic carbocycles. The minimum Gasteiger partial charge on any atom is -0.408 e. The Labute approximate surface area is 460 Å². The van der Waals surface area contributed by atoms with Gasteiger partial charge in [-0.1, -0.05) is 133 Å². The molecule has 2 amide bonds. The van der Waals surface area contributed by atoms with E-state index in [4.69, 9.17) is 32.4 Å². The lowest BCUT2D eigenvalue weighted by atomic mass is 10.1. The third-order valence-electron chi connectivity index (χ3n) is 13.5. The summed E-state index contributed by atoms with van der Waals surface area (Å²) in [4.78, 5) is 54.6. The average Bonchev–Trinajstić information content (AvgIpc) is 4.20. The van der Waals surface area contributed by atoms with Crippen molar-refractivity contribution in [2.45, 2.75) is 177 Å². The van der Waals surface area contributed by atoms with E-state index in [0.717, 1.165) is 0 Å². The SMILES string of the molecule is C.C.C.CC.CC.[3H]N[C@H]1C(O[Si](C)(C)C(C)(C)C)[C@H](n2cnc3c(NC(=O)c4ccccc4)ncnc32)O[C@@H]1CN.[3H]N[C@H]1C(O[Si](C)(C)C(C)(C)C)[C@H](n2cnc3c(NC(=O)c4ccccc4)ncnc32)O[C@@H]1CN=[N+]=[N-]. The van der Waals surface area contributed by atoms with Gasteiger partial charge in [-0.25, -0.2) is 29.9 Å². The molecular formula is C53H88N16O6Si2. The van der Waals surface area contributed by atoms with Gasteiger partial charge in [-0.2, -0.15) is 0 Å². The van der Waals surface area contributed by atoms with E-state index >= 15 is 0 Å². The summed E-state index contributed by atoms with van der Waals surface area (Å²) in [7, 11) is -4.54. The molecule has 0 spiro atoms. The third kappa shape index (κ3) is 15.2. The quantitative estimate of drug-likeness (QED) is 0.0276. The number of nitrogens with one attached hydrogen (secondary N) is 2. The number of carbonyl (C=O) groups is 2. The zero-order valence-corrected chi connectivity index (χ0v) is 47.1. The van der Waals surface area contributed by atoms with E-state index in [0.29, 0.717) is 39.3 Å². The van der Waals surface area contributed by atoms with E-state index in [1.807, 2.05) is 39.8 Å². The molecule has 8 N–H and O–H groups in total. The van der Waals surface area contributed by atoms with Crippen LogP contribution < -0.4 is 27.8 Å². The number of benzene rings is 2. The summed E-state index contributed by atoms with van der Waals surface area (Å²) in [5.74, 6) is -0.0522. The van der Waals surface area contributed by atoms with Crippen LogP contribution in [0.1, 0.15) is 125 Å². The Morgan fingerprint density at radius 1 is 0.675 bits per heavy atom. The Kier molecular flexibility index (Phi) is 23.5. The molecule has 2 aliphatic heterocycles. The predicted octanol–water partition coefficient (Wildman–Crippen LogP) is 10.6. The summed E-state index contributed by atoms with van der Waals surface area (Å²) in [5, 5.41) is 9.16. The molecule has 24 heteroatoms. The van der Waals surface area contributed by atoms with Gasteiger partial charge in [0.15, 0.2) is 63.1 Å². The molecule has 4 aromatic heterocycles. The summed E-state index contributed by atoms with van der Waals surface area (Å²) in [6.07, 6.45) is 2.44. The van der Waals surface area contributed by atoms with Gasteiger partial charge in [0.05, 0.1) is 43.5 Å². The van der Waals surface area contributed by atoms with Crippen LogP contribution in [-0.4, -0.2) is 117 Å². The Morgan fingerprint density at radius 3 is 1.40 bits per heavy atom. The van der Waals surface area contributed by atoms with Crippen LogP contribution in [0.2, 0.25) is 39.1 Å². The summed E-state index contributed by atoms with van der Waals surface area (Å²) in [6.45, 7) is 29.7. The average molecular weight is 1110 g/mol. The number of rotatable bonds is 15. The second-order valence-corrected chi connectivity index (χ2v) is 29.8. The highest BCUT2D eigenvalue weighted by Gasteiger charge is 2.51. The van der Waals surface area contributed by atoms with Crippen molar-refractivity contribution in [3.8, 4) is 0 Å². The fraction of sp³-hybridized carbons (Fsp3) is 0.547. The lowest BCUT2D eigenvalue weighted by Gasteiger charge is -2.40. The van der Waals surface area contributed by atoms with Crippen molar-refractivity contribution in [3.63, 3.8) is 0 Å². The Bertz CT molecular complexity index is 2880. The lowest BCUT2D eigenvalue weighted by molar-refractivity contribution is -0.0285. The maximum Gasteiger partial charge on any atom is 0.256 e. The zero-order chi connectivity index (χ0) is 56.2. The minimum absolute atomic E-state index is 0. The van der Waals surface area contributed by atoms with Crippen LogP contribution in [0.3, 0.4) is 0 Å². The first-order valence-corrected chi connectivity index (χ1v) is 30.8. The number of carbonyl (C=O) groups excluding carboxylic acids is 2. The van der Waals surface area contributed by atoms with Gasteiger partial charge >= 0.3 is 0 Å². The Balaban J connectivity index is 0.000000491. The number of hydrogen-bond donors (Lipinski definition) is 5. The summed E-state index contributed by atoms with van der Waals surface area (Å²) in [5.41, 5.74) is 22.7. The van der Waals surface area contributed by atoms with Gasteiger partial charge in [-0.3, -0.25) is 18.7 Å². The number of nitrogens with zero attached hydrogens (tertiary/aromatic N) is 11. The van der Waals surface area contributed by atoms with Crippen LogP contribution in [0, 0.1) is 0 Å². The molecule has 6 heterocycles. The zero-order valence-electron chi connectivity index (χ0n) is 47.1. The number of aromatic nitrogens is 8. The molecular weight excluding hydrogens is 1010 g/mol. The van der Waals surface area contributed by atoms with E-state index in [1.165, 1.54) is 12.7 Å². The number of nitrogens with two attached hydrogens (primary N) is 3. The van der Waals surface area contributed by atoms with Crippen molar-refractivity contribution >= 4 is 62.4 Å². The van der Waals surface area contributed by atoms with Gasteiger partial charge in [0.25, 0.3) is 11.8 Å². The molecule has 2 aliphatic rings. The standard InChI is InChI=1S/C23H31N9O3Si.C23H33N7O3Si.2C2H6.3CH4/c1-23(2,3)36(4,5)35-18-16(24)15(11-29-31-25)34-22(18)32-13-28-17-19(26-12-27-20(17)32)30-21(33)14-9-7-6-8-10-14;1-23(2,3)34(4,5)33-18-16(25)15(11-24)32-22(18)30-13-28-17-19(26-12-27-20(17)30)29-21(31)14-9-7-6-8-10-14;2*1-2;;;/h6-10,12-13,15-16,18,22H,11,24H2,1-5H3,(H,26,27,30,33);6-10,12-13,15-16,18,22H,11,24-25H2,1-5H3,(H,26,27,29,31);2*1-2H3;3*1H4/t2*15-,16-,18?,22-;;;;;/m11...../s1/i/hT2. The Morgan fingerprint density at radius 2 is 1.05 bits per heavy atom. The first-order valence-electron chi connectivity index (χ1n) is 25.9. The maximum atomic E-state index is 12.7. The summed E-state index contributed by atoms with van der Waals surface area (Å²) < 4.78 is 45.5. The molecule has 424 valence electrons. The number of fused-ring (bicyclic) bond motifs is 2. The fourth-order valence-electron chi connectivity index (χ4n) is 7.48. The highest BCUT2D eigenvalue weighted by molar-refractivity contribution is 6.74. The molecule has 2 unspecified atom stereocenters. The van der Waals surface area contributed by atoms with E-state index in [1.54, 1.807) is 70.3 Å². The van der Waals surface area contributed by atoms with Crippen molar-refractivity contribution in [1.29, 1.82) is 0 Å². The lowest BCUT2D eigenvalue weighted by Crippen LogP contribution is -2.51. The fourth-order valence-corrected chi connectivity index (χ4v) is 10.1.